The van der Waals surface area contributed by atoms with Crippen LogP contribution in [-0.4, -0.2) is 21.6 Å². The molecule has 120 valence electrons. The van der Waals surface area contributed by atoms with Gasteiger partial charge in [0.1, 0.15) is 5.82 Å². The summed E-state index contributed by atoms with van der Waals surface area (Å²) in [5, 5.41) is 3.73. The smallest absolute Gasteiger partial charge is 0.108 e. The van der Waals surface area contributed by atoms with E-state index in [9.17, 15) is 0 Å². The molecule has 1 aromatic rings. The van der Waals surface area contributed by atoms with Gasteiger partial charge in [-0.15, -0.1) is 0 Å². The minimum atomic E-state index is 0.233. The first-order valence-corrected chi connectivity index (χ1v) is 8.67. The standard InChI is InChI=1S/C18H33N3/c1-18(2,3)20-14-16-9-7-5-6-8-15(16)10-11-17-19-12-13-21(17)4/h12-13,15-16,20H,5-11,14H2,1-4H3. The largest absolute Gasteiger partial charge is 0.338 e. The molecular formula is C18H33N3. The molecule has 3 heteroatoms. The number of nitrogens with zero attached hydrogens (tertiary/aromatic N) is 2. The maximum absolute atomic E-state index is 4.48. The minimum absolute atomic E-state index is 0.233. The summed E-state index contributed by atoms with van der Waals surface area (Å²) in [6, 6.07) is 0. The normalized spacial score (nSPS) is 24.0. The van der Waals surface area contributed by atoms with Crippen molar-refractivity contribution in [2.45, 2.75) is 71.3 Å². The SMILES string of the molecule is Cn1ccnc1CCC1CCCCCC1CNC(C)(C)C. The lowest BCUT2D eigenvalue weighted by Crippen LogP contribution is -2.40. The van der Waals surface area contributed by atoms with E-state index in [1.165, 1.54) is 50.9 Å². The first-order valence-electron chi connectivity index (χ1n) is 8.67. The zero-order valence-corrected chi connectivity index (χ0v) is 14.4. The zero-order chi connectivity index (χ0) is 15.3. The number of aryl methyl sites for hydroxylation is 2. The summed E-state index contributed by atoms with van der Waals surface area (Å²) >= 11 is 0. The molecule has 0 spiro atoms. The molecule has 21 heavy (non-hydrogen) atoms. The zero-order valence-electron chi connectivity index (χ0n) is 14.4. The maximum atomic E-state index is 4.48. The lowest BCUT2D eigenvalue weighted by molar-refractivity contribution is 0.258. The van der Waals surface area contributed by atoms with Crippen molar-refractivity contribution in [2.24, 2.45) is 18.9 Å². The Bertz CT molecular complexity index is 416. The monoisotopic (exact) mass is 291 g/mol. The highest BCUT2D eigenvalue weighted by molar-refractivity contribution is 4.92. The molecule has 1 saturated carbocycles. The highest BCUT2D eigenvalue weighted by Crippen LogP contribution is 2.32. The van der Waals surface area contributed by atoms with Crippen LogP contribution in [0.1, 0.15) is 65.1 Å². The Labute approximate surface area is 130 Å². The molecule has 1 N–H and O–H groups in total. The van der Waals surface area contributed by atoms with Gasteiger partial charge in [-0.2, -0.15) is 0 Å². The molecular weight excluding hydrogens is 258 g/mol. The van der Waals surface area contributed by atoms with E-state index < -0.39 is 0 Å². The maximum Gasteiger partial charge on any atom is 0.108 e. The third kappa shape index (κ3) is 5.46. The number of hydrogen-bond donors (Lipinski definition) is 1. The molecule has 1 aliphatic carbocycles. The van der Waals surface area contributed by atoms with Crippen molar-refractivity contribution >= 4 is 0 Å². The summed E-state index contributed by atoms with van der Waals surface area (Å²) < 4.78 is 2.17. The van der Waals surface area contributed by atoms with Crippen LogP contribution in [0, 0.1) is 11.8 Å². The van der Waals surface area contributed by atoms with E-state index in [0.29, 0.717) is 0 Å². The average molecular weight is 291 g/mol. The molecule has 3 nitrogen and oxygen atoms in total. The van der Waals surface area contributed by atoms with Gasteiger partial charge in [-0.3, -0.25) is 0 Å². The minimum Gasteiger partial charge on any atom is -0.338 e. The number of imidazole rings is 1. The van der Waals surface area contributed by atoms with Gasteiger partial charge in [-0.25, -0.2) is 4.98 Å². The number of nitrogens with one attached hydrogen (secondary N) is 1. The molecule has 0 aliphatic heterocycles. The summed E-state index contributed by atoms with van der Waals surface area (Å²) in [7, 11) is 2.11. The van der Waals surface area contributed by atoms with E-state index in [-0.39, 0.29) is 5.54 Å². The second kappa shape index (κ2) is 7.44. The first kappa shape index (κ1) is 16.5. The van der Waals surface area contributed by atoms with E-state index in [4.69, 9.17) is 0 Å². The van der Waals surface area contributed by atoms with Crippen LogP contribution in [0.4, 0.5) is 0 Å². The number of hydrogen-bond acceptors (Lipinski definition) is 2. The van der Waals surface area contributed by atoms with Gasteiger partial charge >= 0.3 is 0 Å². The highest BCUT2D eigenvalue weighted by Gasteiger charge is 2.25. The van der Waals surface area contributed by atoms with Gasteiger partial charge in [0.2, 0.25) is 0 Å². The van der Waals surface area contributed by atoms with Crippen LogP contribution >= 0.6 is 0 Å². The quantitative estimate of drug-likeness (QED) is 0.833. The molecule has 0 aromatic carbocycles. The van der Waals surface area contributed by atoms with Gasteiger partial charge in [-0.1, -0.05) is 25.7 Å². The summed E-state index contributed by atoms with van der Waals surface area (Å²) in [6.45, 7) is 7.99. The molecule has 2 rings (SSSR count). The van der Waals surface area contributed by atoms with Gasteiger partial charge in [0.15, 0.2) is 0 Å². The van der Waals surface area contributed by atoms with Crippen LogP contribution in [-0.2, 0) is 13.5 Å². The van der Waals surface area contributed by atoms with Crippen LogP contribution in [0.5, 0.6) is 0 Å². The van der Waals surface area contributed by atoms with Crippen LogP contribution in [0.15, 0.2) is 12.4 Å². The van der Waals surface area contributed by atoms with E-state index in [1.807, 2.05) is 6.20 Å². The number of aromatic nitrogens is 2. The van der Waals surface area contributed by atoms with Crippen molar-refractivity contribution in [3.05, 3.63) is 18.2 Å². The third-order valence-corrected chi connectivity index (χ3v) is 4.87. The molecule has 1 aliphatic rings. The fourth-order valence-electron chi connectivity index (χ4n) is 3.50. The third-order valence-electron chi connectivity index (χ3n) is 4.87. The van der Waals surface area contributed by atoms with E-state index >= 15 is 0 Å². The predicted molar refractivity (Wildman–Crippen MR) is 89.3 cm³/mol. The fraction of sp³-hybridized carbons (Fsp3) is 0.833. The van der Waals surface area contributed by atoms with Gasteiger partial charge < -0.3 is 9.88 Å². The molecule has 0 radical (unpaired) electrons. The van der Waals surface area contributed by atoms with Crippen molar-refractivity contribution in [1.82, 2.24) is 14.9 Å². The lowest BCUT2D eigenvalue weighted by Gasteiger charge is -2.29. The Morgan fingerprint density at radius 3 is 2.52 bits per heavy atom. The topological polar surface area (TPSA) is 29.9 Å². The Morgan fingerprint density at radius 2 is 1.90 bits per heavy atom. The van der Waals surface area contributed by atoms with Gasteiger partial charge in [0.25, 0.3) is 0 Å². The van der Waals surface area contributed by atoms with Crippen molar-refractivity contribution in [3.63, 3.8) is 0 Å². The molecule has 0 bridgehead atoms. The lowest BCUT2D eigenvalue weighted by atomic mass is 9.84. The summed E-state index contributed by atoms with van der Waals surface area (Å²) in [5.74, 6) is 2.94. The molecule has 2 unspecified atom stereocenters. The van der Waals surface area contributed by atoms with Gasteiger partial charge in [-0.05, 0) is 52.0 Å². The summed E-state index contributed by atoms with van der Waals surface area (Å²) in [6.07, 6.45) is 13.4. The number of rotatable bonds is 5. The fourth-order valence-corrected chi connectivity index (χ4v) is 3.50. The Morgan fingerprint density at radius 1 is 1.19 bits per heavy atom. The predicted octanol–water partition coefficient (Wildman–Crippen LogP) is 3.94. The molecule has 1 heterocycles. The molecule has 1 fully saturated rings. The molecule has 1 aromatic heterocycles. The van der Waals surface area contributed by atoms with E-state index in [2.05, 4.69) is 48.9 Å². The van der Waals surface area contributed by atoms with Crippen LogP contribution in [0.25, 0.3) is 0 Å². The summed E-state index contributed by atoms with van der Waals surface area (Å²) in [4.78, 5) is 4.48. The van der Waals surface area contributed by atoms with E-state index in [1.54, 1.807) is 0 Å². The Kier molecular flexibility index (Phi) is 5.86. The molecule has 0 amide bonds. The van der Waals surface area contributed by atoms with E-state index in [0.717, 1.165) is 18.3 Å². The van der Waals surface area contributed by atoms with Crippen LogP contribution in [0.2, 0.25) is 0 Å². The Balaban J connectivity index is 1.90. The van der Waals surface area contributed by atoms with Crippen molar-refractivity contribution < 1.29 is 0 Å². The Hall–Kier alpha value is -0.830. The van der Waals surface area contributed by atoms with Gasteiger partial charge in [0.05, 0.1) is 0 Å². The molecule has 2 atom stereocenters. The highest BCUT2D eigenvalue weighted by atomic mass is 15.0. The second-order valence-corrected chi connectivity index (χ2v) is 7.78. The van der Waals surface area contributed by atoms with Gasteiger partial charge in [0, 0.05) is 31.4 Å². The average Bonchev–Trinajstić information content (AvgIpc) is 2.69. The summed E-state index contributed by atoms with van der Waals surface area (Å²) in [5.41, 5.74) is 0.233. The van der Waals surface area contributed by atoms with Crippen molar-refractivity contribution in [2.75, 3.05) is 6.54 Å². The second-order valence-electron chi connectivity index (χ2n) is 7.78. The van der Waals surface area contributed by atoms with Crippen LogP contribution < -0.4 is 5.32 Å². The van der Waals surface area contributed by atoms with Crippen molar-refractivity contribution in [1.29, 1.82) is 0 Å². The first-order chi connectivity index (χ1) is 9.96. The van der Waals surface area contributed by atoms with Crippen molar-refractivity contribution in [3.8, 4) is 0 Å². The van der Waals surface area contributed by atoms with Crippen LogP contribution in [0.3, 0.4) is 0 Å². The molecule has 0 saturated heterocycles.